The van der Waals surface area contributed by atoms with Crippen molar-refractivity contribution in [2.45, 2.75) is 32.6 Å². The van der Waals surface area contributed by atoms with Crippen molar-refractivity contribution in [2.24, 2.45) is 12.0 Å². The molecule has 150 valence electrons. The van der Waals surface area contributed by atoms with Gasteiger partial charge >= 0.3 is 6.18 Å². The minimum Gasteiger partial charge on any atom is -0.356 e. The predicted octanol–water partition coefficient (Wildman–Crippen LogP) is 2.59. The van der Waals surface area contributed by atoms with Crippen LogP contribution in [0, 0.1) is 6.92 Å². The van der Waals surface area contributed by atoms with Gasteiger partial charge in [0.2, 0.25) is 0 Å². The maximum absolute atomic E-state index is 12.7. The van der Waals surface area contributed by atoms with E-state index < -0.39 is 11.9 Å². The molecule has 0 aliphatic carbocycles. The Bertz CT molecular complexity index is 755. The van der Waals surface area contributed by atoms with Crippen LogP contribution < -0.4 is 10.6 Å². The van der Waals surface area contributed by atoms with Crippen LogP contribution in [-0.4, -0.2) is 44.3 Å². The molecule has 0 bridgehead atoms. The molecule has 2 rings (SSSR count). The van der Waals surface area contributed by atoms with Crippen LogP contribution in [0.15, 0.2) is 10.4 Å². The zero-order valence-corrected chi connectivity index (χ0v) is 16.9. The molecule has 0 aliphatic heterocycles. The molecule has 0 aliphatic rings. The first kappa shape index (κ1) is 21.5. The lowest BCUT2D eigenvalue weighted by Crippen LogP contribution is -2.37. The van der Waals surface area contributed by atoms with E-state index >= 15 is 0 Å². The maximum atomic E-state index is 12.7. The topological polar surface area (TPSA) is 80.0 Å². The van der Waals surface area contributed by atoms with E-state index in [9.17, 15) is 13.2 Å². The molecule has 7 nitrogen and oxygen atoms in total. The second-order valence-electron chi connectivity index (χ2n) is 5.64. The van der Waals surface area contributed by atoms with Gasteiger partial charge in [-0.1, -0.05) is 0 Å². The molecule has 0 atom stereocenters. The molecule has 0 radical (unpaired) electrons. The molecule has 0 spiro atoms. The van der Waals surface area contributed by atoms with Crippen LogP contribution in [0.2, 0.25) is 0 Å². The SMILES string of the molecule is CSCCCNC(=NCc1nnc(C)n1C)NCc1nc(C(F)(F)F)cs1. The first-order chi connectivity index (χ1) is 12.8. The fraction of sp³-hybridized carbons (Fsp3) is 0.600. The first-order valence-corrected chi connectivity index (χ1v) is 10.5. The van der Waals surface area contributed by atoms with E-state index in [1.807, 2.05) is 24.8 Å². The zero-order chi connectivity index (χ0) is 19.9. The molecule has 0 unspecified atom stereocenters. The smallest absolute Gasteiger partial charge is 0.356 e. The number of aryl methyl sites for hydroxylation is 1. The molecule has 2 N–H and O–H groups in total. The van der Waals surface area contributed by atoms with Crippen LogP contribution in [-0.2, 0) is 26.3 Å². The number of guanidine groups is 1. The number of halogens is 3. The fourth-order valence-electron chi connectivity index (χ4n) is 2.02. The number of hydrogen-bond acceptors (Lipinski definition) is 6. The predicted molar refractivity (Wildman–Crippen MR) is 102 cm³/mol. The summed E-state index contributed by atoms with van der Waals surface area (Å²) in [5.74, 6) is 2.99. The zero-order valence-electron chi connectivity index (χ0n) is 15.3. The van der Waals surface area contributed by atoms with Crippen molar-refractivity contribution < 1.29 is 13.2 Å². The Morgan fingerprint density at radius 3 is 2.70 bits per heavy atom. The standard InChI is InChI=1S/C15H22F3N7S2/c1-10-23-24-12(25(10)2)7-20-14(19-5-4-6-26-3)21-8-13-22-11(9-27-13)15(16,17)18/h9H,4-8H2,1-3H3,(H2,19,20,21). The third-order valence-electron chi connectivity index (χ3n) is 3.63. The van der Waals surface area contributed by atoms with Crippen LogP contribution in [0.25, 0.3) is 0 Å². The number of nitrogens with zero attached hydrogens (tertiary/aromatic N) is 5. The molecule has 0 aromatic carbocycles. The number of thiazole rings is 1. The van der Waals surface area contributed by atoms with Crippen molar-refractivity contribution in [1.29, 1.82) is 0 Å². The monoisotopic (exact) mass is 421 g/mol. The summed E-state index contributed by atoms with van der Waals surface area (Å²) >= 11 is 2.71. The van der Waals surface area contributed by atoms with Gasteiger partial charge in [-0.3, -0.25) is 0 Å². The van der Waals surface area contributed by atoms with Gasteiger partial charge in [0.1, 0.15) is 17.4 Å². The summed E-state index contributed by atoms with van der Waals surface area (Å²) in [6, 6.07) is 0. The highest BCUT2D eigenvalue weighted by atomic mass is 32.2. The Balaban J connectivity index is 1.99. The lowest BCUT2D eigenvalue weighted by molar-refractivity contribution is -0.140. The Morgan fingerprint density at radius 1 is 1.33 bits per heavy atom. The van der Waals surface area contributed by atoms with Gasteiger partial charge in [0.05, 0.1) is 6.54 Å². The number of hydrogen-bond donors (Lipinski definition) is 2. The van der Waals surface area contributed by atoms with Crippen molar-refractivity contribution in [1.82, 2.24) is 30.4 Å². The molecule has 0 saturated heterocycles. The largest absolute Gasteiger partial charge is 0.434 e. The Morgan fingerprint density at radius 2 is 2.11 bits per heavy atom. The highest BCUT2D eigenvalue weighted by Gasteiger charge is 2.33. The summed E-state index contributed by atoms with van der Waals surface area (Å²) in [4.78, 5) is 8.07. The Hall–Kier alpha value is -1.82. The number of aromatic nitrogens is 4. The van der Waals surface area contributed by atoms with E-state index in [0.29, 0.717) is 29.9 Å². The van der Waals surface area contributed by atoms with Gasteiger partial charge in [-0.25, -0.2) is 9.98 Å². The summed E-state index contributed by atoms with van der Waals surface area (Å²) in [6.07, 6.45) is -1.45. The maximum Gasteiger partial charge on any atom is 0.434 e. The quantitative estimate of drug-likeness (QED) is 0.388. The number of rotatable bonds is 8. The van der Waals surface area contributed by atoms with Crippen LogP contribution >= 0.6 is 23.1 Å². The summed E-state index contributed by atoms with van der Waals surface area (Å²) in [5.41, 5.74) is -0.870. The van der Waals surface area contributed by atoms with Crippen molar-refractivity contribution in [3.63, 3.8) is 0 Å². The minimum atomic E-state index is -4.43. The van der Waals surface area contributed by atoms with E-state index in [4.69, 9.17) is 0 Å². The van der Waals surface area contributed by atoms with E-state index in [1.165, 1.54) is 0 Å². The molecule has 0 amide bonds. The molecular formula is C15H22F3N7S2. The lowest BCUT2D eigenvalue weighted by Gasteiger charge is -2.11. The van der Waals surface area contributed by atoms with E-state index in [0.717, 1.165) is 34.7 Å². The normalized spacial score (nSPS) is 12.4. The molecule has 2 aromatic heterocycles. The average molecular weight is 422 g/mol. The highest BCUT2D eigenvalue weighted by Crippen LogP contribution is 2.29. The van der Waals surface area contributed by atoms with Crippen molar-refractivity contribution in [3.8, 4) is 0 Å². The van der Waals surface area contributed by atoms with E-state index in [-0.39, 0.29) is 6.54 Å². The van der Waals surface area contributed by atoms with Crippen LogP contribution in [0.5, 0.6) is 0 Å². The molecule has 27 heavy (non-hydrogen) atoms. The molecular weight excluding hydrogens is 399 g/mol. The van der Waals surface area contributed by atoms with Gasteiger partial charge in [-0.05, 0) is 25.4 Å². The number of alkyl halides is 3. The van der Waals surface area contributed by atoms with Gasteiger partial charge in [0.15, 0.2) is 17.5 Å². The third-order valence-corrected chi connectivity index (χ3v) is 5.17. The molecule has 2 heterocycles. The van der Waals surface area contributed by atoms with Gasteiger partial charge in [0, 0.05) is 19.0 Å². The molecule has 0 saturated carbocycles. The number of thioether (sulfide) groups is 1. The van der Waals surface area contributed by atoms with Crippen LogP contribution in [0.3, 0.4) is 0 Å². The van der Waals surface area contributed by atoms with Crippen LogP contribution in [0.4, 0.5) is 13.2 Å². The highest BCUT2D eigenvalue weighted by molar-refractivity contribution is 7.98. The molecule has 2 aromatic rings. The van der Waals surface area contributed by atoms with Crippen molar-refractivity contribution in [2.75, 3.05) is 18.6 Å². The van der Waals surface area contributed by atoms with Crippen molar-refractivity contribution in [3.05, 3.63) is 27.7 Å². The van der Waals surface area contributed by atoms with Crippen molar-refractivity contribution >= 4 is 29.1 Å². The number of aliphatic imine (C=N–C) groups is 1. The van der Waals surface area contributed by atoms with Gasteiger partial charge < -0.3 is 15.2 Å². The summed E-state index contributed by atoms with van der Waals surface area (Å²) in [5, 5.41) is 15.6. The summed E-state index contributed by atoms with van der Waals surface area (Å²) in [6.45, 7) is 3.02. The first-order valence-electron chi connectivity index (χ1n) is 8.19. The van der Waals surface area contributed by atoms with E-state index in [1.54, 1.807) is 11.8 Å². The summed E-state index contributed by atoms with van der Waals surface area (Å²) in [7, 11) is 1.85. The second kappa shape index (κ2) is 9.93. The van der Waals surface area contributed by atoms with Gasteiger partial charge in [0.25, 0.3) is 0 Å². The Labute approximate surface area is 163 Å². The average Bonchev–Trinajstić information content (AvgIpc) is 3.22. The summed E-state index contributed by atoms with van der Waals surface area (Å²) < 4.78 is 39.8. The van der Waals surface area contributed by atoms with E-state index in [2.05, 4.69) is 30.8 Å². The lowest BCUT2D eigenvalue weighted by atomic mass is 10.5. The third kappa shape index (κ3) is 6.69. The second-order valence-corrected chi connectivity index (χ2v) is 7.57. The van der Waals surface area contributed by atoms with Gasteiger partial charge in [-0.15, -0.1) is 21.5 Å². The fourth-order valence-corrected chi connectivity index (χ4v) is 3.19. The van der Waals surface area contributed by atoms with Gasteiger partial charge in [-0.2, -0.15) is 24.9 Å². The minimum absolute atomic E-state index is 0.160. The Kier molecular flexibility index (Phi) is 7.90. The number of nitrogens with one attached hydrogen (secondary N) is 2. The molecule has 0 fully saturated rings. The molecule has 12 heteroatoms. The van der Waals surface area contributed by atoms with Crippen LogP contribution in [0.1, 0.15) is 28.8 Å².